The molecule has 0 aliphatic heterocycles. The van der Waals surface area contributed by atoms with Crippen molar-refractivity contribution >= 4 is 17.5 Å². The molecular weight excluding hydrogens is 296 g/mol. The molecule has 0 heterocycles. The number of rotatable bonds is 7. The molecule has 0 bridgehead atoms. The Hall–Kier alpha value is -2.24. The normalized spacial score (nSPS) is 10.8. The number of carbonyl (C=O) groups excluding carboxylic acids is 2. The minimum absolute atomic E-state index is 0.0188. The summed E-state index contributed by atoms with van der Waals surface area (Å²) >= 11 is 0. The summed E-state index contributed by atoms with van der Waals surface area (Å²) in [6, 6.07) is 5.19. The average molecular weight is 322 g/mol. The van der Waals surface area contributed by atoms with Gasteiger partial charge in [-0.1, -0.05) is 20.8 Å². The molecule has 0 aromatic heterocycles. The smallest absolute Gasteiger partial charge is 0.225 e. The fraction of sp³-hybridized carbons (Fsp3) is 0.529. The third-order valence-corrected chi connectivity index (χ3v) is 3.23. The molecule has 128 valence electrons. The lowest BCUT2D eigenvalue weighted by Gasteiger charge is -2.17. The third-order valence-electron chi connectivity index (χ3n) is 3.23. The van der Waals surface area contributed by atoms with Crippen LogP contribution in [0.3, 0.4) is 0 Å². The highest BCUT2D eigenvalue weighted by atomic mass is 16.5. The van der Waals surface area contributed by atoms with Gasteiger partial charge in [0.2, 0.25) is 11.8 Å². The Morgan fingerprint density at radius 3 is 2.39 bits per heavy atom. The molecule has 0 saturated carbocycles. The Morgan fingerprint density at radius 1 is 1.13 bits per heavy atom. The highest BCUT2D eigenvalue weighted by molar-refractivity contribution is 5.92. The molecule has 0 fully saturated rings. The summed E-state index contributed by atoms with van der Waals surface area (Å²) in [5.74, 6) is 1.05. The zero-order chi connectivity index (χ0) is 17.5. The molecule has 23 heavy (non-hydrogen) atoms. The number of hydrogen-bond donors (Lipinski definition) is 2. The third kappa shape index (κ3) is 6.18. The van der Waals surface area contributed by atoms with Crippen molar-refractivity contribution in [3.05, 3.63) is 18.2 Å². The standard InChI is InChI=1S/C17H26N2O4/c1-17(2,3)16(21)18-10-6-7-15(20)19-13-9-8-12(22-4)11-14(13)23-5/h8-9,11H,6-7,10H2,1-5H3,(H,18,21)(H,19,20). The lowest BCUT2D eigenvalue weighted by Crippen LogP contribution is -2.35. The van der Waals surface area contributed by atoms with Crippen molar-refractivity contribution in [1.29, 1.82) is 0 Å². The molecule has 0 radical (unpaired) electrons. The van der Waals surface area contributed by atoms with Crippen molar-refractivity contribution in [3.8, 4) is 11.5 Å². The summed E-state index contributed by atoms with van der Waals surface area (Å²) in [5, 5.41) is 5.62. The lowest BCUT2D eigenvalue weighted by atomic mass is 9.96. The SMILES string of the molecule is COc1ccc(NC(=O)CCCNC(=O)C(C)(C)C)c(OC)c1. The molecular formula is C17H26N2O4. The maximum atomic E-state index is 12.0. The van der Waals surface area contributed by atoms with Crippen molar-refractivity contribution in [1.82, 2.24) is 5.32 Å². The first-order valence-corrected chi connectivity index (χ1v) is 7.58. The summed E-state index contributed by atoms with van der Waals surface area (Å²) in [6.07, 6.45) is 0.895. The van der Waals surface area contributed by atoms with E-state index in [9.17, 15) is 9.59 Å². The van der Waals surface area contributed by atoms with Crippen LogP contribution >= 0.6 is 0 Å². The van der Waals surface area contributed by atoms with E-state index >= 15 is 0 Å². The van der Waals surface area contributed by atoms with Crippen LogP contribution in [0.4, 0.5) is 5.69 Å². The first kappa shape index (κ1) is 18.8. The predicted octanol–water partition coefficient (Wildman–Crippen LogP) is 2.58. The fourth-order valence-electron chi connectivity index (χ4n) is 1.83. The number of benzene rings is 1. The van der Waals surface area contributed by atoms with Crippen molar-refractivity contribution < 1.29 is 19.1 Å². The van der Waals surface area contributed by atoms with Gasteiger partial charge >= 0.3 is 0 Å². The molecule has 0 atom stereocenters. The predicted molar refractivity (Wildman–Crippen MR) is 89.9 cm³/mol. The summed E-state index contributed by atoms with van der Waals surface area (Å²) in [6.45, 7) is 6.03. The maximum Gasteiger partial charge on any atom is 0.225 e. The number of carbonyl (C=O) groups is 2. The van der Waals surface area contributed by atoms with Gasteiger partial charge in [-0.3, -0.25) is 9.59 Å². The molecule has 2 amide bonds. The van der Waals surface area contributed by atoms with Gasteiger partial charge in [0.25, 0.3) is 0 Å². The zero-order valence-electron chi connectivity index (χ0n) is 14.5. The number of methoxy groups -OCH3 is 2. The summed E-state index contributed by atoms with van der Waals surface area (Å²) < 4.78 is 10.3. The largest absolute Gasteiger partial charge is 0.497 e. The molecule has 6 heteroatoms. The maximum absolute atomic E-state index is 12.0. The topological polar surface area (TPSA) is 76.7 Å². The highest BCUT2D eigenvalue weighted by Crippen LogP contribution is 2.29. The van der Waals surface area contributed by atoms with Crippen LogP contribution in [-0.4, -0.2) is 32.6 Å². The van der Waals surface area contributed by atoms with Crippen LogP contribution in [-0.2, 0) is 9.59 Å². The molecule has 0 aliphatic carbocycles. The number of anilines is 1. The van der Waals surface area contributed by atoms with Crippen LogP contribution in [0.25, 0.3) is 0 Å². The molecule has 1 aromatic rings. The van der Waals surface area contributed by atoms with Gasteiger partial charge in [0.05, 0.1) is 19.9 Å². The van der Waals surface area contributed by atoms with Crippen molar-refractivity contribution in [2.75, 3.05) is 26.1 Å². The second-order valence-electron chi connectivity index (χ2n) is 6.22. The molecule has 1 rings (SSSR count). The molecule has 0 unspecified atom stereocenters. The first-order chi connectivity index (χ1) is 10.8. The molecule has 6 nitrogen and oxygen atoms in total. The van der Waals surface area contributed by atoms with Gasteiger partial charge in [-0.05, 0) is 18.6 Å². The van der Waals surface area contributed by atoms with Crippen LogP contribution in [0.5, 0.6) is 11.5 Å². The van der Waals surface area contributed by atoms with Gasteiger partial charge in [0.15, 0.2) is 0 Å². The van der Waals surface area contributed by atoms with Crippen LogP contribution in [0, 0.1) is 5.41 Å². The van der Waals surface area contributed by atoms with E-state index in [2.05, 4.69) is 10.6 Å². The van der Waals surface area contributed by atoms with Crippen LogP contribution in [0.1, 0.15) is 33.6 Å². The highest BCUT2D eigenvalue weighted by Gasteiger charge is 2.20. The monoisotopic (exact) mass is 322 g/mol. The molecule has 1 aromatic carbocycles. The first-order valence-electron chi connectivity index (χ1n) is 7.58. The summed E-state index contributed by atoms with van der Waals surface area (Å²) in [4.78, 5) is 23.7. The van der Waals surface area contributed by atoms with Crippen LogP contribution in [0.2, 0.25) is 0 Å². The number of ether oxygens (including phenoxy) is 2. The zero-order valence-corrected chi connectivity index (χ0v) is 14.5. The van der Waals surface area contributed by atoms with Crippen molar-refractivity contribution in [3.63, 3.8) is 0 Å². The van der Waals surface area contributed by atoms with Gasteiger partial charge < -0.3 is 20.1 Å². The van der Waals surface area contributed by atoms with Gasteiger partial charge in [0.1, 0.15) is 11.5 Å². The second kappa shape index (κ2) is 8.41. The molecule has 2 N–H and O–H groups in total. The van der Waals surface area contributed by atoms with Gasteiger partial charge in [-0.25, -0.2) is 0 Å². The van der Waals surface area contributed by atoms with Gasteiger partial charge in [-0.15, -0.1) is 0 Å². The average Bonchev–Trinajstić information content (AvgIpc) is 2.50. The van der Waals surface area contributed by atoms with Crippen molar-refractivity contribution in [2.24, 2.45) is 5.41 Å². The quantitative estimate of drug-likeness (QED) is 0.757. The lowest BCUT2D eigenvalue weighted by molar-refractivity contribution is -0.128. The van der Waals surface area contributed by atoms with E-state index in [4.69, 9.17) is 9.47 Å². The Kier molecular flexibility index (Phi) is 6.88. The summed E-state index contributed by atoms with van der Waals surface area (Å²) in [7, 11) is 3.10. The van der Waals surface area contributed by atoms with E-state index in [0.717, 1.165) is 0 Å². The van der Waals surface area contributed by atoms with E-state index in [1.807, 2.05) is 20.8 Å². The Labute approximate surface area is 137 Å². The molecule has 0 spiro atoms. The Bertz CT molecular complexity index is 550. The molecule has 0 aliphatic rings. The Morgan fingerprint density at radius 2 is 1.83 bits per heavy atom. The molecule has 0 saturated heterocycles. The number of amides is 2. The van der Waals surface area contributed by atoms with E-state index in [0.29, 0.717) is 36.6 Å². The van der Waals surface area contributed by atoms with Crippen LogP contribution < -0.4 is 20.1 Å². The minimum Gasteiger partial charge on any atom is -0.497 e. The van der Waals surface area contributed by atoms with E-state index in [1.165, 1.54) is 7.11 Å². The van der Waals surface area contributed by atoms with E-state index in [1.54, 1.807) is 25.3 Å². The second-order valence-corrected chi connectivity index (χ2v) is 6.22. The minimum atomic E-state index is -0.418. The number of hydrogen-bond acceptors (Lipinski definition) is 4. The van der Waals surface area contributed by atoms with Crippen LogP contribution in [0.15, 0.2) is 18.2 Å². The fourth-order valence-corrected chi connectivity index (χ4v) is 1.83. The van der Waals surface area contributed by atoms with Crippen molar-refractivity contribution in [2.45, 2.75) is 33.6 Å². The number of nitrogens with one attached hydrogen (secondary N) is 2. The Balaban J connectivity index is 2.44. The summed E-state index contributed by atoms with van der Waals surface area (Å²) in [5.41, 5.74) is 0.177. The van der Waals surface area contributed by atoms with E-state index in [-0.39, 0.29) is 11.8 Å². The van der Waals surface area contributed by atoms with Gasteiger partial charge in [0, 0.05) is 24.4 Å². The van der Waals surface area contributed by atoms with E-state index < -0.39 is 5.41 Å². The van der Waals surface area contributed by atoms with Gasteiger partial charge in [-0.2, -0.15) is 0 Å².